The molecule has 0 unspecified atom stereocenters. The Morgan fingerprint density at radius 3 is 2.42 bits per heavy atom. The maximum atomic E-state index is 12.3. The first kappa shape index (κ1) is 13.5. The maximum absolute atomic E-state index is 12.3. The first-order valence-electron chi connectivity index (χ1n) is 5.02. The van der Waals surface area contributed by atoms with Crippen molar-refractivity contribution in [3.63, 3.8) is 0 Å². The van der Waals surface area contributed by atoms with Crippen molar-refractivity contribution >= 4 is 33.4 Å². The molecule has 1 heterocycles. The zero-order valence-corrected chi connectivity index (χ0v) is 11.0. The van der Waals surface area contributed by atoms with Crippen molar-refractivity contribution < 1.29 is 21.3 Å². The van der Waals surface area contributed by atoms with Gasteiger partial charge < -0.3 is 9.50 Å². The highest BCUT2D eigenvalue weighted by Crippen LogP contribution is 2.18. The van der Waals surface area contributed by atoms with Crippen molar-refractivity contribution in [1.82, 2.24) is 0 Å². The van der Waals surface area contributed by atoms with E-state index in [1.54, 1.807) is 16.8 Å². The second kappa shape index (κ2) is 5.37. The van der Waals surface area contributed by atoms with Crippen LogP contribution in [0.5, 0.6) is 5.75 Å². The fraction of sp³-hybridized carbons (Fsp3) is 0. The minimum absolute atomic E-state index is 0.170. The van der Waals surface area contributed by atoms with Gasteiger partial charge in [-0.15, -0.1) is 0 Å². The van der Waals surface area contributed by atoms with E-state index in [-0.39, 0.29) is 11.7 Å². The van der Waals surface area contributed by atoms with Crippen LogP contribution in [-0.2, 0) is 10.5 Å². The van der Waals surface area contributed by atoms with Crippen molar-refractivity contribution in [2.45, 2.75) is 0 Å². The van der Waals surface area contributed by atoms with Gasteiger partial charge in [0, 0.05) is 11.1 Å². The largest absolute Gasteiger partial charge is 0.488 e. The monoisotopic (exact) mass is 301 g/mol. The molecule has 5 nitrogen and oxygen atoms in total. The molecule has 2 aromatic rings. The van der Waals surface area contributed by atoms with Gasteiger partial charge in [0.15, 0.2) is 0 Å². The summed E-state index contributed by atoms with van der Waals surface area (Å²) in [5.74, 6) is -0.455. The van der Waals surface area contributed by atoms with Gasteiger partial charge in [0.25, 0.3) is 5.91 Å². The fourth-order valence-electron chi connectivity index (χ4n) is 1.31. The summed E-state index contributed by atoms with van der Waals surface area (Å²) in [5.41, 5.74) is 0.969. The molecule has 0 saturated heterocycles. The number of thiophene rings is 1. The van der Waals surface area contributed by atoms with E-state index in [2.05, 4.69) is 9.50 Å². The predicted molar refractivity (Wildman–Crippen MR) is 69.4 cm³/mol. The molecular weight excluding hydrogens is 293 g/mol. The van der Waals surface area contributed by atoms with Crippen LogP contribution in [0.3, 0.4) is 0 Å². The Kier molecular flexibility index (Phi) is 3.82. The zero-order valence-electron chi connectivity index (χ0n) is 9.37. The van der Waals surface area contributed by atoms with Crippen molar-refractivity contribution in [1.29, 1.82) is 0 Å². The van der Waals surface area contributed by atoms with Gasteiger partial charge in [-0.3, -0.25) is 4.79 Å². The molecule has 0 aliphatic rings. The van der Waals surface area contributed by atoms with Crippen LogP contribution >= 0.6 is 11.3 Å². The zero-order chi connectivity index (χ0) is 13.9. The van der Waals surface area contributed by atoms with Crippen molar-refractivity contribution in [3.05, 3.63) is 46.7 Å². The number of hydrogen-bond acceptors (Lipinski definition) is 5. The summed E-state index contributed by atoms with van der Waals surface area (Å²) in [7, 11) is -5.03. The van der Waals surface area contributed by atoms with Crippen LogP contribution in [0.2, 0.25) is 0 Å². The molecule has 0 radical (unpaired) electrons. The van der Waals surface area contributed by atoms with Gasteiger partial charge in [0.2, 0.25) is 0 Å². The number of amides is 1. The van der Waals surface area contributed by atoms with Crippen LogP contribution in [-0.4, -0.2) is 14.3 Å². The van der Waals surface area contributed by atoms with E-state index in [9.17, 15) is 17.1 Å². The Balaban J connectivity index is 2.05. The minimum Gasteiger partial charge on any atom is -0.358 e. The SMILES string of the molecule is O=C(Nc1ccc(OS(=O)(=O)F)cc1)c1ccsc1. The van der Waals surface area contributed by atoms with E-state index >= 15 is 0 Å². The molecule has 19 heavy (non-hydrogen) atoms. The number of anilines is 1. The Morgan fingerprint density at radius 1 is 1.21 bits per heavy atom. The van der Waals surface area contributed by atoms with Gasteiger partial charge in [-0.1, -0.05) is 3.89 Å². The molecule has 0 aliphatic heterocycles. The second-order valence-corrected chi connectivity index (χ2v) is 5.20. The Hall–Kier alpha value is -1.93. The topological polar surface area (TPSA) is 72.5 Å². The molecular formula is C11H8FNO4S2. The quantitative estimate of drug-likeness (QED) is 0.881. The van der Waals surface area contributed by atoms with Crippen LogP contribution in [0.15, 0.2) is 41.1 Å². The number of nitrogens with one attached hydrogen (secondary N) is 1. The van der Waals surface area contributed by atoms with Crippen LogP contribution in [0.25, 0.3) is 0 Å². The normalized spacial score (nSPS) is 11.0. The average Bonchev–Trinajstić information content (AvgIpc) is 2.83. The van der Waals surface area contributed by atoms with Gasteiger partial charge in [-0.2, -0.15) is 19.8 Å². The Bertz CT molecular complexity index is 665. The fourth-order valence-corrected chi connectivity index (χ4v) is 2.28. The van der Waals surface area contributed by atoms with E-state index in [1.807, 2.05) is 0 Å². The van der Waals surface area contributed by atoms with Crippen molar-refractivity contribution in [2.75, 3.05) is 5.32 Å². The number of hydrogen-bond donors (Lipinski definition) is 1. The summed E-state index contributed by atoms with van der Waals surface area (Å²) in [6.45, 7) is 0. The summed E-state index contributed by atoms with van der Waals surface area (Å²) in [6, 6.07) is 6.96. The molecule has 1 aromatic carbocycles. The summed E-state index contributed by atoms with van der Waals surface area (Å²) in [5, 5.41) is 6.08. The van der Waals surface area contributed by atoms with Crippen LogP contribution < -0.4 is 9.50 Å². The highest BCUT2D eigenvalue weighted by Gasteiger charge is 2.10. The van der Waals surface area contributed by atoms with Crippen molar-refractivity contribution in [3.8, 4) is 5.75 Å². The summed E-state index contributed by atoms with van der Waals surface area (Å²) >= 11 is 1.40. The highest BCUT2D eigenvalue weighted by atomic mass is 32.3. The van der Waals surface area contributed by atoms with Gasteiger partial charge >= 0.3 is 10.5 Å². The van der Waals surface area contributed by atoms with Crippen LogP contribution in [0.4, 0.5) is 9.57 Å². The van der Waals surface area contributed by atoms with Gasteiger partial charge in [0.05, 0.1) is 5.56 Å². The van der Waals surface area contributed by atoms with Gasteiger partial charge in [0.1, 0.15) is 5.75 Å². The third-order valence-corrected chi connectivity index (χ3v) is 3.17. The third-order valence-electron chi connectivity index (χ3n) is 2.09. The number of carbonyl (C=O) groups excluding carboxylic acids is 1. The molecule has 1 aromatic heterocycles. The molecule has 8 heteroatoms. The number of benzene rings is 1. The standard InChI is InChI=1S/C11H8FNO4S2/c12-19(15,16)17-10-3-1-9(2-4-10)13-11(14)8-5-6-18-7-8/h1-7H,(H,13,14). The summed E-state index contributed by atoms with van der Waals surface area (Å²) in [6.07, 6.45) is 0. The number of rotatable bonds is 4. The molecule has 0 bridgehead atoms. The lowest BCUT2D eigenvalue weighted by atomic mass is 10.2. The Morgan fingerprint density at radius 2 is 1.89 bits per heavy atom. The second-order valence-electron chi connectivity index (χ2n) is 3.47. The van der Waals surface area contributed by atoms with Crippen LogP contribution in [0, 0.1) is 0 Å². The van der Waals surface area contributed by atoms with E-state index in [1.165, 1.54) is 35.6 Å². The summed E-state index contributed by atoms with van der Waals surface area (Å²) in [4.78, 5) is 11.7. The lowest BCUT2D eigenvalue weighted by Crippen LogP contribution is -2.10. The van der Waals surface area contributed by atoms with Gasteiger partial charge in [-0.25, -0.2) is 0 Å². The first-order chi connectivity index (χ1) is 8.94. The molecule has 1 N–H and O–H groups in total. The molecule has 0 aliphatic carbocycles. The molecule has 0 fully saturated rings. The van der Waals surface area contributed by atoms with E-state index in [0.717, 1.165) is 0 Å². The predicted octanol–water partition coefficient (Wildman–Crippen LogP) is 2.59. The van der Waals surface area contributed by atoms with E-state index in [0.29, 0.717) is 11.3 Å². The molecule has 0 saturated carbocycles. The summed E-state index contributed by atoms with van der Waals surface area (Å²) < 4.78 is 36.8. The van der Waals surface area contributed by atoms with E-state index in [4.69, 9.17) is 0 Å². The maximum Gasteiger partial charge on any atom is 0.488 e. The lowest BCUT2D eigenvalue weighted by Gasteiger charge is -2.05. The molecule has 100 valence electrons. The lowest BCUT2D eigenvalue weighted by molar-refractivity contribution is 0.102. The molecule has 0 atom stereocenters. The number of carbonyl (C=O) groups is 1. The third kappa shape index (κ3) is 4.04. The molecule has 0 spiro atoms. The highest BCUT2D eigenvalue weighted by molar-refractivity contribution is 7.81. The Labute approximate surface area is 113 Å². The first-order valence-corrected chi connectivity index (χ1v) is 7.27. The molecule has 2 rings (SSSR count). The number of halogens is 1. The van der Waals surface area contributed by atoms with Crippen molar-refractivity contribution in [2.24, 2.45) is 0 Å². The smallest absolute Gasteiger partial charge is 0.358 e. The average molecular weight is 301 g/mol. The molecule has 1 amide bonds. The van der Waals surface area contributed by atoms with Crippen LogP contribution in [0.1, 0.15) is 10.4 Å². The van der Waals surface area contributed by atoms with Gasteiger partial charge in [-0.05, 0) is 35.7 Å². The minimum atomic E-state index is -5.03. The van der Waals surface area contributed by atoms with E-state index < -0.39 is 10.5 Å².